The number of rotatable bonds is 8. The van der Waals surface area contributed by atoms with Gasteiger partial charge in [-0.3, -0.25) is 14.3 Å². The van der Waals surface area contributed by atoms with Crippen molar-refractivity contribution in [2.75, 3.05) is 11.1 Å². The molecule has 0 spiro atoms. The highest BCUT2D eigenvalue weighted by atomic mass is 32.2. The summed E-state index contributed by atoms with van der Waals surface area (Å²) < 4.78 is 1.67. The standard InChI is InChI=1S/C28H29N9OS/c1-3-39-20-10-9-19(30-13-20)12-31-26-28(38)37(22-6-4-5-18(22)11-29)27-21(35-26)14-32-25(36-27)23-16(2)33-15-34-24(23)17-7-8-17/h9-10,13-15,17-18,22H,3-8,12H2,1-2H3,(H,31,35)/t18-,22?/m0/s1. The van der Waals surface area contributed by atoms with Crippen molar-refractivity contribution in [1.82, 2.24) is 34.5 Å². The van der Waals surface area contributed by atoms with Crippen molar-refractivity contribution in [1.29, 1.82) is 5.26 Å². The van der Waals surface area contributed by atoms with E-state index in [4.69, 9.17) is 4.98 Å². The van der Waals surface area contributed by atoms with Crippen LogP contribution >= 0.6 is 11.8 Å². The highest BCUT2D eigenvalue weighted by Gasteiger charge is 2.33. The minimum atomic E-state index is -0.291. The van der Waals surface area contributed by atoms with Crippen molar-refractivity contribution < 1.29 is 0 Å². The van der Waals surface area contributed by atoms with E-state index < -0.39 is 0 Å². The molecule has 2 saturated carbocycles. The van der Waals surface area contributed by atoms with E-state index in [1.54, 1.807) is 28.9 Å². The van der Waals surface area contributed by atoms with Crippen LogP contribution < -0.4 is 10.9 Å². The molecule has 1 N–H and O–H groups in total. The molecule has 4 heterocycles. The average molecular weight is 540 g/mol. The third-order valence-electron chi connectivity index (χ3n) is 7.41. The molecule has 0 bridgehead atoms. The normalized spacial score (nSPS) is 18.8. The fraction of sp³-hybridized carbons (Fsp3) is 0.429. The number of hydrogen-bond acceptors (Lipinski definition) is 10. The summed E-state index contributed by atoms with van der Waals surface area (Å²) in [6.45, 7) is 4.38. The van der Waals surface area contributed by atoms with Crippen LogP contribution in [0, 0.1) is 24.2 Å². The molecule has 6 rings (SSSR count). The predicted octanol–water partition coefficient (Wildman–Crippen LogP) is 4.81. The number of nitrogens with zero attached hydrogens (tertiary/aromatic N) is 8. The van der Waals surface area contributed by atoms with Gasteiger partial charge < -0.3 is 5.32 Å². The van der Waals surface area contributed by atoms with Gasteiger partial charge in [-0.05, 0) is 56.9 Å². The topological polar surface area (TPSA) is 135 Å². The maximum atomic E-state index is 13.9. The van der Waals surface area contributed by atoms with E-state index >= 15 is 0 Å². The summed E-state index contributed by atoms with van der Waals surface area (Å²) in [6.07, 6.45) is 9.61. The SMILES string of the molecule is CCSc1ccc(CNc2nc3cnc(-c4c(C)ncnc4C4CC4)nc3n(C3CCC[C@H]3C#N)c2=O)nc1. The van der Waals surface area contributed by atoms with Crippen LogP contribution in [-0.4, -0.2) is 40.2 Å². The van der Waals surface area contributed by atoms with Crippen LogP contribution in [0.2, 0.25) is 0 Å². The third kappa shape index (κ3) is 4.96. The molecule has 0 radical (unpaired) electrons. The van der Waals surface area contributed by atoms with Crippen molar-refractivity contribution in [3.8, 4) is 17.5 Å². The second-order valence-electron chi connectivity index (χ2n) is 10.0. The summed E-state index contributed by atoms with van der Waals surface area (Å²) in [5.41, 5.74) is 4.02. The summed E-state index contributed by atoms with van der Waals surface area (Å²) in [5, 5.41) is 13.0. The van der Waals surface area contributed by atoms with Crippen LogP contribution in [0.1, 0.15) is 68.1 Å². The van der Waals surface area contributed by atoms with Gasteiger partial charge in [0.2, 0.25) is 0 Å². The molecule has 10 nitrogen and oxygen atoms in total. The first kappa shape index (κ1) is 25.4. The average Bonchev–Trinajstić information content (AvgIpc) is 3.70. The highest BCUT2D eigenvalue weighted by Crippen LogP contribution is 2.43. The molecule has 198 valence electrons. The molecule has 0 amide bonds. The maximum absolute atomic E-state index is 13.9. The van der Waals surface area contributed by atoms with Crippen molar-refractivity contribution in [2.45, 2.75) is 69.4 Å². The van der Waals surface area contributed by atoms with Gasteiger partial charge in [-0.2, -0.15) is 5.26 Å². The Morgan fingerprint density at radius 2 is 1.97 bits per heavy atom. The van der Waals surface area contributed by atoms with Gasteiger partial charge in [0, 0.05) is 17.0 Å². The largest absolute Gasteiger partial charge is 0.360 e. The second kappa shape index (κ2) is 10.7. The summed E-state index contributed by atoms with van der Waals surface area (Å²) >= 11 is 1.73. The molecule has 2 fully saturated rings. The molecular formula is C28H29N9OS. The number of nitrogens with one attached hydrogen (secondary N) is 1. The van der Waals surface area contributed by atoms with E-state index in [0.29, 0.717) is 29.5 Å². The molecule has 0 aromatic carbocycles. The Hall–Kier alpha value is -3.91. The van der Waals surface area contributed by atoms with E-state index in [1.807, 2.05) is 25.3 Å². The van der Waals surface area contributed by atoms with E-state index in [1.165, 1.54) is 0 Å². The summed E-state index contributed by atoms with van der Waals surface area (Å²) in [7, 11) is 0. The number of thioether (sulfide) groups is 1. The molecule has 2 aliphatic carbocycles. The first-order chi connectivity index (χ1) is 19.1. The molecule has 2 aliphatic rings. The summed E-state index contributed by atoms with van der Waals surface area (Å²) in [5.74, 6) is 1.78. The molecule has 1 unspecified atom stereocenters. The smallest absolute Gasteiger partial charge is 0.295 e. The molecule has 4 aromatic rings. The molecule has 39 heavy (non-hydrogen) atoms. The minimum absolute atomic E-state index is 0.203. The van der Waals surface area contributed by atoms with Gasteiger partial charge in [0.25, 0.3) is 5.56 Å². The van der Waals surface area contributed by atoms with Gasteiger partial charge in [-0.25, -0.2) is 24.9 Å². The zero-order chi connectivity index (χ0) is 26.9. The van der Waals surface area contributed by atoms with Crippen LogP contribution in [0.5, 0.6) is 0 Å². The molecule has 0 saturated heterocycles. The fourth-order valence-corrected chi connectivity index (χ4v) is 5.95. The Balaban J connectivity index is 1.43. The Kier molecular flexibility index (Phi) is 6.95. The molecule has 11 heteroatoms. The van der Waals surface area contributed by atoms with Crippen molar-refractivity contribution in [2.24, 2.45) is 5.92 Å². The quantitative estimate of drug-likeness (QED) is 0.311. The summed E-state index contributed by atoms with van der Waals surface area (Å²) in [4.78, 5) is 42.7. The van der Waals surface area contributed by atoms with Crippen LogP contribution in [0.3, 0.4) is 0 Å². The number of nitriles is 1. The van der Waals surface area contributed by atoms with Gasteiger partial charge in [-0.1, -0.05) is 6.92 Å². The predicted molar refractivity (Wildman–Crippen MR) is 149 cm³/mol. The van der Waals surface area contributed by atoms with Crippen LogP contribution in [0.4, 0.5) is 5.82 Å². The Morgan fingerprint density at radius 3 is 2.72 bits per heavy atom. The van der Waals surface area contributed by atoms with Gasteiger partial charge in [0.1, 0.15) is 11.8 Å². The fourth-order valence-electron chi connectivity index (χ4n) is 5.32. The first-order valence-electron chi connectivity index (χ1n) is 13.4. The molecule has 2 atom stereocenters. The van der Waals surface area contributed by atoms with E-state index in [-0.39, 0.29) is 23.3 Å². The number of anilines is 1. The van der Waals surface area contributed by atoms with Crippen LogP contribution in [0.25, 0.3) is 22.6 Å². The lowest BCUT2D eigenvalue weighted by molar-refractivity contribution is 0.447. The minimum Gasteiger partial charge on any atom is -0.360 e. The van der Waals surface area contributed by atoms with Crippen LogP contribution in [-0.2, 0) is 6.54 Å². The highest BCUT2D eigenvalue weighted by molar-refractivity contribution is 7.99. The number of hydrogen-bond donors (Lipinski definition) is 1. The van der Waals surface area contributed by atoms with Gasteiger partial charge in [-0.15, -0.1) is 11.8 Å². The zero-order valence-corrected chi connectivity index (χ0v) is 22.8. The van der Waals surface area contributed by atoms with E-state index in [2.05, 4.69) is 43.2 Å². The Morgan fingerprint density at radius 1 is 1.10 bits per heavy atom. The monoisotopic (exact) mass is 539 g/mol. The molecule has 4 aromatic heterocycles. The maximum Gasteiger partial charge on any atom is 0.295 e. The number of pyridine rings is 1. The lowest BCUT2D eigenvalue weighted by Gasteiger charge is -2.20. The van der Waals surface area contributed by atoms with Crippen molar-refractivity contribution >= 4 is 28.7 Å². The van der Waals surface area contributed by atoms with Gasteiger partial charge in [0.15, 0.2) is 17.3 Å². The number of fused-ring (bicyclic) bond motifs is 1. The number of aromatic nitrogens is 7. The lowest BCUT2D eigenvalue weighted by atomic mass is 10.1. The lowest BCUT2D eigenvalue weighted by Crippen LogP contribution is -2.31. The van der Waals surface area contributed by atoms with Crippen molar-refractivity contribution in [3.05, 3.63) is 58.3 Å². The molecular weight excluding hydrogens is 510 g/mol. The Bertz CT molecular complexity index is 1630. The van der Waals surface area contributed by atoms with Crippen molar-refractivity contribution in [3.63, 3.8) is 0 Å². The third-order valence-corrected chi connectivity index (χ3v) is 8.27. The van der Waals surface area contributed by atoms with Gasteiger partial charge in [0.05, 0.1) is 53.4 Å². The van der Waals surface area contributed by atoms with Gasteiger partial charge >= 0.3 is 0 Å². The van der Waals surface area contributed by atoms with E-state index in [0.717, 1.165) is 65.4 Å². The Labute approximate surface area is 230 Å². The number of aryl methyl sites for hydroxylation is 1. The zero-order valence-electron chi connectivity index (χ0n) is 22.0. The summed E-state index contributed by atoms with van der Waals surface area (Å²) in [6, 6.07) is 6.10. The second-order valence-corrected chi connectivity index (χ2v) is 11.4. The van der Waals surface area contributed by atoms with Crippen LogP contribution in [0.15, 0.2) is 40.5 Å². The van der Waals surface area contributed by atoms with E-state index in [9.17, 15) is 10.1 Å². The molecule has 0 aliphatic heterocycles. The first-order valence-corrected chi connectivity index (χ1v) is 14.4.